The molecule has 3 rings (SSSR count). The van der Waals surface area contributed by atoms with Gasteiger partial charge in [-0.1, -0.05) is 36.4 Å². The molecule has 0 radical (unpaired) electrons. The number of nitrogens with one attached hydrogen (secondary N) is 2. The molecule has 3 N–H and O–H groups in total. The molecule has 0 heterocycles. The minimum atomic E-state index is -1.02. The van der Waals surface area contributed by atoms with E-state index in [1.807, 2.05) is 37.3 Å². The number of fused-ring (bicyclic) bond motifs is 1. The second-order valence-electron chi connectivity index (χ2n) is 6.68. The molecule has 130 valence electrons. The quantitative estimate of drug-likeness (QED) is 0.749. The number of anilines is 1. The number of benzene rings is 2. The molecule has 25 heavy (non-hydrogen) atoms. The number of aliphatic hydroxyl groups is 1. The molecule has 5 nitrogen and oxygen atoms in total. The first kappa shape index (κ1) is 17.2. The molecule has 0 fully saturated rings. The Kier molecular flexibility index (Phi) is 4.86. The molecule has 1 unspecified atom stereocenters. The van der Waals surface area contributed by atoms with Crippen molar-refractivity contribution in [2.75, 3.05) is 11.9 Å². The van der Waals surface area contributed by atoms with Crippen molar-refractivity contribution in [3.63, 3.8) is 0 Å². The van der Waals surface area contributed by atoms with Gasteiger partial charge in [-0.05, 0) is 48.6 Å². The minimum absolute atomic E-state index is 0.0569. The number of hydrogen-bond donors (Lipinski definition) is 3. The van der Waals surface area contributed by atoms with E-state index in [9.17, 15) is 14.7 Å². The van der Waals surface area contributed by atoms with Gasteiger partial charge in [-0.3, -0.25) is 9.59 Å². The van der Waals surface area contributed by atoms with Gasteiger partial charge in [-0.2, -0.15) is 0 Å². The molecule has 2 aromatic rings. The van der Waals surface area contributed by atoms with Crippen LogP contribution in [0.2, 0.25) is 0 Å². The van der Waals surface area contributed by atoms with Crippen molar-refractivity contribution in [2.24, 2.45) is 0 Å². The summed E-state index contributed by atoms with van der Waals surface area (Å²) in [6.45, 7) is 1.97. The van der Waals surface area contributed by atoms with Crippen molar-refractivity contribution in [2.45, 2.75) is 31.8 Å². The van der Waals surface area contributed by atoms with Gasteiger partial charge >= 0.3 is 11.8 Å². The summed E-state index contributed by atoms with van der Waals surface area (Å²) in [4.78, 5) is 24.0. The van der Waals surface area contributed by atoms with Crippen molar-refractivity contribution >= 4 is 17.5 Å². The zero-order valence-electron chi connectivity index (χ0n) is 14.2. The molecule has 0 aromatic heterocycles. The fourth-order valence-electron chi connectivity index (χ4n) is 3.17. The molecule has 2 amide bonds. The average Bonchev–Trinajstić information content (AvgIpc) is 2.59. The van der Waals surface area contributed by atoms with E-state index in [-0.39, 0.29) is 6.54 Å². The third-order valence-corrected chi connectivity index (χ3v) is 4.56. The smallest absolute Gasteiger partial charge is 0.313 e. The van der Waals surface area contributed by atoms with Crippen LogP contribution in [0.3, 0.4) is 0 Å². The number of carbonyl (C=O) groups is 2. The standard InChI is InChI=1S/C20H22N2O3/c1-14-5-4-8-17(11-14)22-19(24)18(23)21-13-20(25)10-9-15-6-2-3-7-16(15)12-20/h2-8,11,25H,9-10,12-13H2,1H3,(H,21,23)(H,22,24). The Balaban J connectivity index is 1.56. The Morgan fingerprint density at radius 1 is 1.08 bits per heavy atom. The maximum atomic E-state index is 12.0. The average molecular weight is 338 g/mol. The summed E-state index contributed by atoms with van der Waals surface area (Å²) in [7, 11) is 0. The van der Waals surface area contributed by atoms with Crippen molar-refractivity contribution in [1.82, 2.24) is 5.32 Å². The van der Waals surface area contributed by atoms with Gasteiger partial charge in [0.1, 0.15) is 0 Å². The van der Waals surface area contributed by atoms with Gasteiger partial charge < -0.3 is 15.7 Å². The van der Waals surface area contributed by atoms with Crippen LogP contribution in [0.4, 0.5) is 5.69 Å². The predicted molar refractivity (Wildman–Crippen MR) is 96.2 cm³/mol. The fraction of sp³-hybridized carbons (Fsp3) is 0.300. The van der Waals surface area contributed by atoms with Crippen molar-refractivity contribution in [1.29, 1.82) is 0 Å². The summed E-state index contributed by atoms with van der Waals surface area (Å²) in [6.07, 6.45) is 1.80. The van der Waals surface area contributed by atoms with E-state index >= 15 is 0 Å². The van der Waals surface area contributed by atoms with Crippen LogP contribution in [-0.4, -0.2) is 29.1 Å². The number of hydrogen-bond acceptors (Lipinski definition) is 3. The highest BCUT2D eigenvalue weighted by Gasteiger charge is 2.32. The summed E-state index contributed by atoms with van der Waals surface area (Å²) in [5.74, 6) is -1.47. The van der Waals surface area contributed by atoms with E-state index in [0.717, 1.165) is 17.5 Å². The molecule has 0 bridgehead atoms. The third kappa shape index (κ3) is 4.25. The second-order valence-corrected chi connectivity index (χ2v) is 6.68. The molecule has 0 spiro atoms. The highest BCUT2D eigenvalue weighted by molar-refractivity contribution is 6.39. The van der Waals surface area contributed by atoms with E-state index in [1.165, 1.54) is 5.56 Å². The van der Waals surface area contributed by atoms with E-state index in [1.54, 1.807) is 12.1 Å². The summed E-state index contributed by atoms with van der Waals surface area (Å²) >= 11 is 0. The first-order valence-corrected chi connectivity index (χ1v) is 8.40. The van der Waals surface area contributed by atoms with E-state index in [0.29, 0.717) is 18.5 Å². The van der Waals surface area contributed by atoms with Gasteiger partial charge in [0, 0.05) is 18.7 Å². The highest BCUT2D eigenvalue weighted by atomic mass is 16.3. The molecule has 1 atom stereocenters. The van der Waals surface area contributed by atoms with Crippen molar-refractivity contribution in [3.8, 4) is 0 Å². The van der Waals surface area contributed by atoms with Gasteiger partial charge in [0.05, 0.1) is 5.60 Å². The monoisotopic (exact) mass is 338 g/mol. The van der Waals surface area contributed by atoms with Crippen LogP contribution >= 0.6 is 0 Å². The van der Waals surface area contributed by atoms with Gasteiger partial charge in [0.15, 0.2) is 0 Å². The van der Waals surface area contributed by atoms with E-state index in [4.69, 9.17) is 0 Å². The Hall–Kier alpha value is -2.66. The maximum absolute atomic E-state index is 12.0. The molecule has 0 aliphatic heterocycles. The fourth-order valence-corrected chi connectivity index (χ4v) is 3.17. The van der Waals surface area contributed by atoms with Gasteiger partial charge in [0.25, 0.3) is 0 Å². The molecular weight excluding hydrogens is 316 g/mol. The minimum Gasteiger partial charge on any atom is -0.388 e. The highest BCUT2D eigenvalue weighted by Crippen LogP contribution is 2.28. The predicted octanol–water partition coefficient (Wildman–Crippen LogP) is 1.97. The Labute approximate surface area is 147 Å². The van der Waals surface area contributed by atoms with Crippen LogP contribution in [0.1, 0.15) is 23.1 Å². The number of rotatable bonds is 3. The zero-order chi connectivity index (χ0) is 17.9. The van der Waals surface area contributed by atoms with Crippen LogP contribution in [0, 0.1) is 6.92 Å². The lowest BCUT2D eigenvalue weighted by molar-refractivity contribution is -0.136. The number of amides is 2. The largest absolute Gasteiger partial charge is 0.388 e. The lowest BCUT2D eigenvalue weighted by Gasteiger charge is -2.33. The summed E-state index contributed by atoms with van der Waals surface area (Å²) in [5, 5.41) is 15.9. The van der Waals surface area contributed by atoms with Crippen LogP contribution in [-0.2, 0) is 22.4 Å². The van der Waals surface area contributed by atoms with Gasteiger partial charge in [0.2, 0.25) is 0 Å². The molecule has 0 saturated carbocycles. The van der Waals surface area contributed by atoms with Crippen LogP contribution < -0.4 is 10.6 Å². The summed E-state index contributed by atoms with van der Waals surface area (Å²) in [5.41, 5.74) is 2.87. The van der Waals surface area contributed by atoms with Crippen LogP contribution in [0.25, 0.3) is 0 Å². The third-order valence-electron chi connectivity index (χ3n) is 4.56. The lowest BCUT2D eigenvalue weighted by Crippen LogP contribution is -2.49. The molecule has 0 saturated heterocycles. The molecular formula is C20H22N2O3. The Morgan fingerprint density at radius 3 is 2.60 bits per heavy atom. The second kappa shape index (κ2) is 7.07. The topological polar surface area (TPSA) is 78.4 Å². The normalized spacial score (nSPS) is 19.0. The Bertz CT molecular complexity index is 803. The maximum Gasteiger partial charge on any atom is 0.313 e. The van der Waals surface area contributed by atoms with E-state index in [2.05, 4.69) is 16.7 Å². The SMILES string of the molecule is Cc1cccc(NC(=O)C(=O)NCC2(O)CCc3ccccc3C2)c1. The number of carbonyl (C=O) groups excluding carboxylic acids is 2. The lowest BCUT2D eigenvalue weighted by atomic mass is 9.80. The first-order valence-electron chi connectivity index (χ1n) is 8.40. The molecule has 1 aliphatic carbocycles. The molecule has 5 heteroatoms. The molecule has 2 aromatic carbocycles. The summed E-state index contributed by atoms with van der Waals surface area (Å²) in [6, 6.07) is 15.2. The van der Waals surface area contributed by atoms with Crippen molar-refractivity contribution < 1.29 is 14.7 Å². The Morgan fingerprint density at radius 2 is 1.84 bits per heavy atom. The first-order chi connectivity index (χ1) is 12.0. The van der Waals surface area contributed by atoms with Crippen LogP contribution in [0.15, 0.2) is 48.5 Å². The van der Waals surface area contributed by atoms with Gasteiger partial charge in [-0.25, -0.2) is 0 Å². The van der Waals surface area contributed by atoms with Crippen LogP contribution in [0.5, 0.6) is 0 Å². The number of aryl methyl sites for hydroxylation is 2. The van der Waals surface area contributed by atoms with E-state index < -0.39 is 17.4 Å². The summed E-state index contributed by atoms with van der Waals surface area (Å²) < 4.78 is 0. The van der Waals surface area contributed by atoms with Crippen molar-refractivity contribution in [3.05, 3.63) is 65.2 Å². The zero-order valence-corrected chi connectivity index (χ0v) is 14.2. The molecule has 1 aliphatic rings. The van der Waals surface area contributed by atoms with Gasteiger partial charge in [-0.15, -0.1) is 0 Å².